The lowest BCUT2D eigenvalue weighted by Crippen LogP contribution is -2.16. The molecule has 4 aromatic rings. The quantitative estimate of drug-likeness (QED) is 0.569. The molecule has 0 bridgehead atoms. The SMILES string of the molecule is Cc1nc2ccccc2n1C(=O)CCC(=O)n1ccc2ccccc21. The minimum Gasteiger partial charge on any atom is -0.287 e. The molecule has 0 aliphatic carbocycles. The van der Waals surface area contributed by atoms with E-state index in [-0.39, 0.29) is 24.7 Å². The number of aryl methyl sites for hydroxylation is 1. The van der Waals surface area contributed by atoms with Crippen molar-refractivity contribution in [3.8, 4) is 0 Å². The number of rotatable bonds is 3. The van der Waals surface area contributed by atoms with Gasteiger partial charge in [-0.2, -0.15) is 0 Å². The summed E-state index contributed by atoms with van der Waals surface area (Å²) in [6, 6.07) is 17.1. The van der Waals surface area contributed by atoms with E-state index in [1.165, 1.54) is 0 Å². The highest BCUT2D eigenvalue weighted by molar-refractivity contribution is 5.96. The molecule has 0 radical (unpaired) electrons. The van der Waals surface area contributed by atoms with Gasteiger partial charge in [-0.3, -0.25) is 18.7 Å². The lowest BCUT2D eigenvalue weighted by Gasteiger charge is -2.06. The molecule has 2 aromatic carbocycles. The average molecular weight is 331 g/mol. The third-order valence-electron chi connectivity index (χ3n) is 4.40. The molecule has 2 aromatic heterocycles. The van der Waals surface area contributed by atoms with Gasteiger partial charge in [-0.25, -0.2) is 4.98 Å². The smallest absolute Gasteiger partial charge is 0.233 e. The van der Waals surface area contributed by atoms with Gasteiger partial charge in [-0.15, -0.1) is 0 Å². The van der Waals surface area contributed by atoms with Crippen molar-refractivity contribution in [1.29, 1.82) is 0 Å². The molecule has 0 amide bonds. The topological polar surface area (TPSA) is 56.9 Å². The fourth-order valence-electron chi connectivity index (χ4n) is 3.21. The molecule has 5 heteroatoms. The molecular formula is C20H17N3O2. The standard InChI is InChI=1S/C20H17N3O2/c1-14-21-16-7-3-5-9-18(16)23(14)20(25)11-10-19(24)22-13-12-15-6-2-4-8-17(15)22/h2-9,12-13H,10-11H2,1H3. The van der Waals surface area contributed by atoms with Gasteiger partial charge < -0.3 is 0 Å². The van der Waals surface area contributed by atoms with Crippen molar-refractivity contribution in [2.45, 2.75) is 19.8 Å². The first-order valence-corrected chi connectivity index (χ1v) is 8.22. The van der Waals surface area contributed by atoms with Gasteiger partial charge in [0, 0.05) is 24.4 Å². The van der Waals surface area contributed by atoms with E-state index in [4.69, 9.17) is 0 Å². The number of imidazole rings is 1. The number of benzene rings is 2. The summed E-state index contributed by atoms with van der Waals surface area (Å²) in [5, 5.41) is 1.01. The lowest BCUT2D eigenvalue weighted by atomic mass is 10.2. The monoisotopic (exact) mass is 331 g/mol. The van der Waals surface area contributed by atoms with Crippen LogP contribution < -0.4 is 0 Å². The Morgan fingerprint density at radius 3 is 2.40 bits per heavy atom. The van der Waals surface area contributed by atoms with Crippen molar-refractivity contribution in [3.05, 3.63) is 66.6 Å². The highest BCUT2D eigenvalue weighted by Gasteiger charge is 2.16. The van der Waals surface area contributed by atoms with E-state index < -0.39 is 0 Å². The van der Waals surface area contributed by atoms with Crippen LogP contribution in [0.15, 0.2) is 60.8 Å². The molecule has 124 valence electrons. The second-order valence-electron chi connectivity index (χ2n) is 6.02. The maximum atomic E-state index is 12.6. The Kier molecular flexibility index (Phi) is 3.69. The van der Waals surface area contributed by atoms with E-state index in [1.54, 1.807) is 22.3 Å². The predicted molar refractivity (Wildman–Crippen MR) is 96.9 cm³/mol. The van der Waals surface area contributed by atoms with Gasteiger partial charge in [-0.1, -0.05) is 30.3 Å². The highest BCUT2D eigenvalue weighted by atomic mass is 16.2. The van der Waals surface area contributed by atoms with Crippen molar-refractivity contribution in [2.24, 2.45) is 0 Å². The van der Waals surface area contributed by atoms with Crippen LogP contribution in [0.5, 0.6) is 0 Å². The van der Waals surface area contributed by atoms with Gasteiger partial charge in [0.15, 0.2) is 0 Å². The van der Waals surface area contributed by atoms with Gasteiger partial charge in [0.25, 0.3) is 0 Å². The zero-order valence-corrected chi connectivity index (χ0v) is 13.8. The molecule has 0 saturated carbocycles. The van der Waals surface area contributed by atoms with Gasteiger partial charge in [0.2, 0.25) is 11.8 Å². The Morgan fingerprint density at radius 2 is 1.56 bits per heavy atom. The van der Waals surface area contributed by atoms with Crippen LogP contribution in [0, 0.1) is 6.92 Å². The number of hydrogen-bond acceptors (Lipinski definition) is 3. The highest BCUT2D eigenvalue weighted by Crippen LogP contribution is 2.18. The molecule has 2 heterocycles. The van der Waals surface area contributed by atoms with Crippen LogP contribution in [-0.2, 0) is 0 Å². The van der Waals surface area contributed by atoms with Crippen LogP contribution in [0.4, 0.5) is 0 Å². The molecule has 0 aliphatic heterocycles. The van der Waals surface area contributed by atoms with Crippen LogP contribution >= 0.6 is 0 Å². The predicted octanol–water partition coefficient (Wildman–Crippen LogP) is 4.06. The Balaban J connectivity index is 1.55. The van der Waals surface area contributed by atoms with Crippen molar-refractivity contribution in [3.63, 3.8) is 0 Å². The van der Waals surface area contributed by atoms with Gasteiger partial charge in [0.1, 0.15) is 5.82 Å². The zero-order valence-electron chi connectivity index (χ0n) is 13.8. The zero-order chi connectivity index (χ0) is 17.4. The molecule has 0 fully saturated rings. The molecule has 4 rings (SSSR count). The van der Waals surface area contributed by atoms with Crippen LogP contribution in [-0.4, -0.2) is 25.9 Å². The van der Waals surface area contributed by atoms with E-state index in [9.17, 15) is 9.59 Å². The summed E-state index contributed by atoms with van der Waals surface area (Å²) in [4.78, 5) is 29.6. The lowest BCUT2D eigenvalue weighted by molar-refractivity contribution is 0.0835. The normalized spacial score (nSPS) is 11.2. The Morgan fingerprint density at radius 1 is 0.880 bits per heavy atom. The summed E-state index contributed by atoms with van der Waals surface area (Å²) >= 11 is 0. The summed E-state index contributed by atoms with van der Waals surface area (Å²) in [6.07, 6.45) is 2.06. The fourth-order valence-corrected chi connectivity index (χ4v) is 3.21. The second-order valence-corrected chi connectivity index (χ2v) is 6.02. The molecular weight excluding hydrogens is 314 g/mol. The van der Waals surface area contributed by atoms with E-state index >= 15 is 0 Å². The number of nitrogens with zero attached hydrogens (tertiary/aromatic N) is 3. The Hall–Kier alpha value is -3.21. The summed E-state index contributed by atoms with van der Waals surface area (Å²) < 4.78 is 3.21. The van der Waals surface area contributed by atoms with Crippen LogP contribution in [0.1, 0.15) is 28.3 Å². The largest absolute Gasteiger partial charge is 0.287 e. The van der Waals surface area contributed by atoms with Crippen LogP contribution in [0.2, 0.25) is 0 Å². The van der Waals surface area contributed by atoms with Gasteiger partial charge in [0.05, 0.1) is 16.6 Å². The molecule has 0 atom stereocenters. The number of hydrogen-bond donors (Lipinski definition) is 0. The number of aromatic nitrogens is 3. The first kappa shape index (κ1) is 15.3. The summed E-state index contributed by atoms with van der Waals surface area (Å²) in [7, 11) is 0. The molecule has 5 nitrogen and oxygen atoms in total. The molecule has 0 saturated heterocycles. The minimum atomic E-state index is -0.115. The van der Waals surface area contributed by atoms with Crippen molar-refractivity contribution in [1.82, 2.24) is 14.1 Å². The number of carbonyl (C=O) groups excluding carboxylic acids is 2. The molecule has 0 aliphatic rings. The molecule has 0 N–H and O–H groups in total. The molecule has 0 unspecified atom stereocenters. The van der Waals surface area contributed by atoms with E-state index in [0.29, 0.717) is 5.82 Å². The van der Waals surface area contributed by atoms with Crippen molar-refractivity contribution in [2.75, 3.05) is 0 Å². The summed E-state index contributed by atoms with van der Waals surface area (Å²) in [6.45, 7) is 1.80. The van der Waals surface area contributed by atoms with Gasteiger partial charge >= 0.3 is 0 Å². The summed E-state index contributed by atoms with van der Waals surface area (Å²) in [5.41, 5.74) is 2.43. The third kappa shape index (κ3) is 2.63. The average Bonchev–Trinajstić information content (AvgIpc) is 3.19. The second kappa shape index (κ2) is 6.02. The van der Waals surface area contributed by atoms with Gasteiger partial charge in [-0.05, 0) is 31.2 Å². The maximum Gasteiger partial charge on any atom is 0.233 e. The maximum absolute atomic E-state index is 12.6. The first-order chi connectivity index (χ1) is 12.1. The fraction of sp³-hybridized carbons (Fsp3) is 0.150. The Bertz CT molecular complexity index is 1100. The number of fused-ring (bicyclic) bond motifs is 2. The van der Waals surface area contributed by atoms with E-state index in [0.717, 1.165) is 21.9 Å². The van der Waals surface area contributed by atoms with Crippen LogP contribution in [0.3, 0.4) is 0 Å². The molecule has 0 spiro atoms. The van der Waals surface area contributed by atoms with Crippen molar-refractivity contribution < 1.29 is 9.59 Å². The number of carbonyl (C=O) groups is 2. The summed E-state index contributed by atoms with van der Waals surface area (Å²) in [5.74, 6) is 0.442. The van der Waals surface area contributed by atoms with E-state index in [2.05, 4.69) is 4.98 Å². The Labute approximate surface area is 144 Å². The first-order valence-electron chi connectivity index (χ1n) is 8.22. The van der Waals surface area contributed by atoms with Crippen molar-refractivity contribution >= 4 is 33.8 Å². The van der Waals surface area contributed by atoms with Crippen LogP contribution in [0.25, 0.3) is 21.9 Å². The minimum absolute atomic E-state index is 0.0865. The number of para-hydroxylation sites is 3. The third-order valence-corrected chi connectivity index (χ3v) is 4.40. The molecule has 25 heavy (non-hydrogen) atoms. The van der Waals surface area contributed by atoms with E-state index in [1.807, 2.05) is 54.6 Å².